The number of halogens is 3. The Labute approximate surface area is 162 Å². The molecule has 21 heavy (non-hydrogen) atoms. The Morgan fingerprint density at radius 1 is 1.19 bits per heavy atom. The molecule has 0 bridgehead atoms. The topological polar surface area (TPSA) is 69.6 Å². The van der Waals surface area contributed by atoms with E-state index < -0.39 is 11.7 Å². The van der Waals surface area contributed by atoms with E-state index in [9.17, 15) is 9.90 Å². The second kappa shape index (κ2) is 7.31. The van der Waals surface area contributed by atoms with E-state index in [0.29, 0.717) is 12.4 Å². The number of carboxylic acid groups (broad SMARTS) is 1. The van der Waals surface area contributed by atoms with Crippen molar-refractivity contribution in [2.75, 3.05) is 0 Å². The number of ether oxygens (including phenoxy) is 1. The lowest BCUT2D eigenvalue weighted by molar-refractivity contribution is -0.268. The van der Waals surface area contributed by atoms with Crippen LogP contribution in [0.1, 0.15) is 15.9 Å². The van der Waals surface area contributed by atoms with Gasteiger partial charge in [0.2, 0.25) is 0 Å². The number of aromatic carboxylic acids is 1. The number of hydrogen-bond acceptors (Lipinski definition) is 3. The van der Waals surface area contributed by atoms with Crippen LogP contribution >= 0.6 is 67.8 Å². The molecular formula is C14H8I3O4-. The van der Waals surface area contributed by atoms with Crippen LogP contribution in [0, 0.1) is 10.7 Å². The normalized spacial score (nSPS) is 10.4. The molecule has 1 N–H and O–H groups in total. The molecule has 0 fully saturated rings. The minimum atomic E-state index is -1.23. The lowest BCUT2D eigenvalue weighted by atomic mass is 10.2. The van der Waals surface area contributed by atoms with Crippen molar-refractivity contribution < 1.29 is 19.7 Å². The van der Waals surface area contributed by atoms with Gasteiger partial charge >= 0.3 is 5.97 Å². The van der Waals surface area contributed by atoms with Crippen molar-refractivity contribution in [3.63, 3.8) is 0 Å². The molecule has 2 aromatic carbocycles. The molecule has 0 aliphatic carbocycles. The van der Waals surface area contributed by atoms with Gasteiger partial charge < -0.3 is 14.9 Å². The predicted octanol–water partition coefficient (Wildman–Crippen LogP) is 3.85. The van der Waals surface area contributed by atoms with E-state index in [2.05, 4.69) is 73.8 Å². The highest BCUT2D eigenvalue weighted by molar-refractivity contribution is 14.1. The zero-order valence-corrected chi connectivity index (χ0v) is 16.9. The van der Waals surface area contributed by atoms with E-state index in [1.54, 1.807) is 0 Å². The molecule has 0 unspecified atom stereocenters. The number of hydrogen-bond donors (Lipinski definition) is 1. The summed E-state index contributed by atoms with van der Waals surface area (Å²) >= 11 is 6.76. The first-order valence-electron chi connectivity index (χ1n) is 5.69. The van der Waals surface area contributed by atoms with E-state index in [-0.39, 0.29) is 5.56 Å². The van der Waals surface area contributed by atoms with E-state index >= 15 is 0 Å². The van der Waals surface area contributed by atoms with Crippen LogP contribution in [0.4, 0.5) is 0 Å². The maximum atomic E-state index is 11.6. The summed E-state index contributed by atoms with van der Waals surface area (Å²) < 4.78 is 8.96. The molecule has 0 atom stereocenters. The molecule has 110 valence electrons. The van der Waals surface area contributed by atoms with Gasteiger partial charge in [-0.3, -0.25) is 0 Å². The largest absolute Gasteiger partial charge is 0.872 e. The van der Waals surface area contributed by atoms with Crippen LogP contribution in [0.15, 0.2) is 30.3 Å². The Morgan fingerprint density at radius 3 is 2.52 bits per heavy atom. The van der Waals surface area contributed by atoms with Crippen molar-refractivity contribution in [2.24, 2.45) is 0 Å². The monoisotopic (exact) mass is 621 g/mol. The van der Waals surface area contributed by atoms with Gasteiger partial charge in [-0.25, -0.2) is 4.79 Å². The molecule has 0 aliphatic rings. The highest BCUT2D eigenvalue weighted by Gasteiger charge is 2.08. The van der Waals surface area contributed by atoms with Crippen LogP contribution in [0.25, 0.3) is 0 Å². The highest BCUT2D eigenvalue weighted by atomic mass is 127. The summed E-state index contributed by atoms with van der Waals surface area (Å²) in [7, 11) is 0. The van der Waals surface area contributed by atoms with E-state index in [4.69, 9.17) is 9.84 Å². The van der Waals surface area contributed by atoms with Gasteiger partial charge in [-0.15, -0.1) is 0 Å². The van der Waals surface area contributed by atoms with Gasteiger partial charge in [0.25, 0.3) is 0 Å². The molecule has 0 heterocycles. The summed E-state index contributed by atoms with van der Waals surface area (Å²) in [5.74, 6) is -1.41. The Hall–Kier alpha value is -0.300. The summed E-state index contributed by atoms with van der Waals surface area (Å²) in [4.78, 5) is 10.8. The van der Waals surface area contributed by atoms with Crippen molar-refractivity contribution in [2.45, 2.75) is 6.61 Å². The Bertz CT molecular complexity index is 701. The fraction of sp³-hybridized carbons (Fsp3) is 0.0714. The highest BCUT2D eigenvalue weighted by Crippen LogP contribution is 2.26. The zero-order chi connectivity index (χ0) is 15.6. The summed E-state index contributed by atoms with van der Waals surface area (Å²) in [6, 6.07) is 8.06. The van der Waals surface area contributed by atoms with Gasteiger partial charge in [0.15, 0.2) is 0 Å². The summed E-state index contributed by atoms with van der Waals surface area (Å²) in [5, 5.41) is 20.4. The minimum absolute atomic E-state index is 0.249. The number of carboxylic acids is 1. The van der Waals surface area contributed by atoms with Crippen LogP contribution in [0.2, 0.25) is 0 Å². The second-order valence-electron chi connectivity index (χ2n) is 4.11. The molecule has 4 nitrogen and oxygen atoms in total. The second-order valence-corrected chi connectivity index (χ2v) is 7.60. The van der Waals surface area contributed by atoms with Gasteiger partial charge in [0.1, 0.15) is 12.4 Å². The van der Waals surface area contributed by atoms with Crippen LogP contribution in [0.5, 0.6) is 11.5 Å². The van der Waals surface area contributed by atoms with Gasteiger partial charge in [-0.2, -0.15) is 0 Å². The van der Waals surface area contributed by atoms with Crippen molar-refractivity contribution in [3.8, 4) is 11.5 Å². The first-order chi connectivity index (χ1) is 9.88. The van der Waals surface area contributed by atoms with Gasteiger partial charge in [-0.1, -0.05) is 5.75 Å². The van der Waals surface area contributed by atoms with E-state index in [0.717, 1.165) is 16.3 Å². The van der Waals surface area contributed by atoms with Crippen molar-refractivity contribution in [1.82, 2.24) is 0 Å². The summed E-state index contributed by atoms with van der Waals surface area (Å²) in [6.45, 7) is 0.330. The first kappa shape index (κ1) is 17.1. The molecule has 0 spiro atoms. The third-order valence-electron chi connectivity index (χ3n) is 2.65. The molecule has 7 heteroatoms. The number of benzene rings is 2. The van der Waals surface area contributed by atoms with E-state index in [1.807, 2.05) is 6.07 Å². The van der Waals surface area contributed by atoms with Gasteiger partial charge in [-0.05, 0) is 98.1 Å². The molecule has 0 amide bonds. The molecule has 2 rings (SSSR count). The molecule has 2 aromatic rings. The smallest absolute Gasteiger partial charge is 0.335 e. The number of carbonyl (C=O) groups is 1. The average molecular weight is 621 g/mol. The third-order valence-corrected chi connectivity index (χ3v) is 6.43. The molecular weight excluding hydrogens is 613 g/mol. The average Bonchev–Trinajstić information content (AvgIpc) is 2.40. The Balaban J connectivity index is 2.17. The molecule has 0 aromatic heterocycles. The summed E-state index contributed by atoms with van der Waals surface area (Å²) in [5.41, 5.74) is 0.780. The first-order valence-corrected chi connectivity index (χ1v) is 8.92. The van der Waals surface area contributed by atoms with Gasteiger partial charge in [0, 0.05) is 16.3 Å². The zero-order valence-electron chi connectivity index (χ0n) is 10.4. The van der Waals surface area contributed by atoms with Crippen molar-refractivity contribution in [1.29, 1.82) is 0 Å². The van der Waals surface area contributed by atoms with Crippen molar-refractivity contribution >= 4 is 73.7 Å². The molecule has 0 saturated carbocycles. The fourth-order valence-corrected chi connectivity index (χ4v) is 4.08. The van der Waals surface area contributed by atoms with Crippen LogP contribution in [-0.2, 0) is 6.61 Å². The molecule has 0 aliphatic heterocycles. The summed E-state index contributed by atoms with van der Waals surface area (Å²) in [6.07, 6.45) is 0. The Morgan fingerprint density at radius 2 is 1.90 bits per heavy atom. The van der Waals surface area contributed by atoms with Gasteiger partial charge in [0.05, 0.1) is 5.56 Å². The standard InChI is InChI=1S/C14H9I3O4/c15-8-3-7(13(17)11(16)4-8)6-21-9-1-2-10(14(19)20)12(18)5-9/h1-5,18H,6H2,(H,19,20)/p-1. The van der Waals surface area contributed by atoms with Crippen molar-refractivity contribution in [3.05, 3.63) is 52.2 Å². The SMILES string of the molecule is O=C(O)c1ccc(OCc2cc(I)cc(I)c2I)cc1[O-]. The molecule has 0 saturated heterocycles. The maximum absolute atomic E-state index is 11.6. The van der Waals surface area contributed by atoms with Crippen LogP contribution in [0.3, 0.4) is 0 Å². The third kappa shape index (κ3) is 4.34. The predicted molar refractivity (Wildman–Crippen MR) is 102 cm³/mol. The lowest BCUT2D eigenvalue weighted by Crippen LogP contribution is -2.05. The van der Waals surface area contributed by atoms with Crippen LogP contribution in [-0.4, -0.2) is 11.1 Å². The fourth-order valence-electron chi connectivity index (χ4n) is 1.64. The Kier molecular flexibility index (Phi) is 5.94. The lowest BCUT2D eigenvalue weighted by Gasteiger charge is -2.14. The quantitative estimate of drug-likeness (QED) is 0.417. The molecule has 0 radical (unpaired) electrons. The minimum Gasteiger partial charge on any atom is -0.872 e. The number of rotatable bonds is 4. The van der Waals surface area contributed by atoms with Crippen LogP contribution < -0.4 is 9.84 Å². The van der Waals surface area contributed by atoms with E-state index in [1.165, 1.54) is 18.2 Å². The maximum Gasteiger partial charge on any atom is 0.335 e.